The number of ether oxygens (including phenoxy) is 2. The van der Waals surface area contributed by atoms with Crippen LogP contribution in [0.25, 0.3) is 11.1 Å². The summed E-state index contributed by atoms with van der Waals surface area (Å²) in [5.74, 6) is 1.05. The van der Waals surface area contributed by atoms with E-state index in [9.17, 15) is 10.1 Å². The van der Waals surface area contributed by atoms with Crippen molar-refractivity contribution >= 4 is 5.97 Å². The van der Waals surface area contributed by atoms with Crippen LogP contribution in [0.3, 0.4) is 0 Å². The van der Waals surface area contributed by atoms with E-state index in [2.05, 4.69) is 61.5 Å². The van der Waals surface area contributed by atoms with Gasteiger partial charge in [0.05, 0.1) is 12.7 Å². The smallest absolute Gasteiger partial charge is 0.326 e. The number of carbonyl (C=O) groups excluding carboxylic acids is 1. The van der Waals surface area contributed by atoms with Crippen molar-refractivity contribution < 1.29 is 14.3 Å². The average molecular weight is 504 g/mol. The Morgan fingerprint density at radius 1 is 0.865 bits per heavy atom. The van der Waals surface area contributed by atoms with E-state index in [4.69, 9.17) is 9.47 Å². The van der Waals surface area contributed by atoms with Gasteiger partial charge in [-0.1, -0.05) is 88.8 Å². The Balaban J connectivity index is 1.42. The Bertz CT molecular complexity index is 984. The van der Waals surface area contributed by atoms with Gasteiger partial charge < -0.3 is 9.47 Å². The Morgan fingerprint density at radius 3 is 2.00 bits per heavy atom. The Morgan fingerprint density at radius 2 is 1.43 bits per heavy atom. The van der Waals surface area contributed by atoms with E-state index in [1.165, 1.54) is 55.2 Å². The molecule has 2 aromatic rings. The van der Waals surface area contributed by atoms with Crippen LogP contribution in [0.15, 0.2) is 48.5 Å². The third-order valence-electron chi connectivity index (χ3n) is 7.94. The number of nitrogens with zero attached hydrogens (tertiary/aromatic N) is 1. The first-order valence-corrected chi connectivity index (χ1v) is 14.4. The highest BCUT2D eigenvalue weighted by Crippen LogP contribution is 2.36. The predicted octanol–water partition coefficient (Wildman–Crippen LogP) is 8.99. The van der Waals surface area contributed by atoms with Crippen LogP contribution >= 0.6 is 0 Å². The maximum atomic E-state index is 12.4. The van der Waals surface area contributed by atoms with Crippen molar-refractivity contribution in [2.24, 2.45) is 5.41 Å². The van der Waals surface area contributed by atoms with Crippen molar-refractivity contribution in [1.29, 1.82) is 5.26 Å². The van der Waals surface area contributed by atoms with Crippen molar-refractivity contribution in [2.45, 2.75) is 110 Å². The molecule has 1 saturated carbocycles. The second-order valence-corrected chi connectivity index (χ2v) is 10.8. The van der Waals surface area contributed by atoms with Gasteiger partial charge in [0.15, 0.2) is 5.41 Å². The zero-order chi connectivity index (χ0) is 26.5. The van der Waals surface area contributed by atoms with Crippen LogP contribution in [-0.2, 0) is 9.53 Å². The molecule has 0 bridgehead atoms. The van der Waals surface area contributed by atoms with Crippen LogP contribution in [0.2, 0.25) is 0 Å². The molecule has 200 valence electrons. The van der Waals surface area contributed by atoms with Gasteiger partial charge in [-0.2, -0.15) is 5.26 Å². The summed E-state index contributed by atoms with van der Waals surface area (Å²) >= 11 is 0. The summed E-state index contributed by atoms with van der Waals surface area (Å²) in [6.07, 6.45) is 13.1. The van der Waals surface area contributed by atoms with Crippen molar-refractivity contribution in [2.75, 3.05) is 6.61 Å². The second kappa shape index (κ2) is 14.8. The molecule has 3 rings (SSSR count). The summed E-state index contributed by atoms with van der Waals surface area (Å²) in [5, 5.41) is 9.32. The first-order valence-electron chi connectivity index (χ1n) is 14.4. The van der Waals surface area contributed by atoms with Crippen LogP contribution in [0, 0.1) is 16.7 Å². The maximum absolute atomic E-state index is 12.4. The number of carbonyl (C=O) groups is 1. The molecule has 0 amide bonds. The van der Waals surface area contributed by atoms with Gasteiger partial charge in [0.1, 0.15) is 11.9 Å². The fourth-order valence-corrected chi connectivity index (χ4v) is 5.01. The molecule has 1 unspecified atom stereocenters. The monoisotopic (exact) mass is 503 g/mol. The van der Waals surface area contributed by atoms with Crippen LogP contribution in [0.1, 0.15) is 109 Å². The van der Waals surface area contributed by atoms with Gasteiger partial charge in [-0.25, -0.2) is 0 Å². The summed E-state index contributed by atoms with van der Waals surface area (Å²) < 4.78 is 11.6. The van der Waals surface area contributed by atoms with Crippen LogP contribution in [0.5, 0.6) is 5.75 Å². The maximum Gasteiger partial charge on any atom is 0.326 e. The molecule has 1 aliphatic carbocycles. The van der Waals surface area contributed by atoms with E-state index < -0.39 is 5.41 Å². The molecule has 0 aromatic heterocycles. The van der Waals surface area contributed by atoms with Gasteiger partial charge in [0, 0.05) is 0 Å². The van der Waals surface area contributed by atoms with Gasteiger partial charge in [0.2, 0.25) is 0 Å². The normalized spacial score (nSPS) is 19.0. The minimum atomic E-state index is -1.04. The predicted molar refractivity (Wildman–Crippen MR) is 150 cm³/mol. The molecule has 1 aliphatic rings. The molecular weight excluding hydrogens is 458 g/mol. The highest BCUT2D eigenvalue weighted by Gasteiger charge is 2.35. The number of hydrogen-bond donors (Lipinski definition) is 0. The number of rotatable bonds is 14. The van der Waals surface area contributed by atoms with Gasteiger partial charge in [-0.3, -0.25) is 4.79 Å². The number of esters is 1. The molecule has 4 nitrogen and oxygen atoms in total. The zero-order valence-corrected chi connectivity index (χ0v) is 23.1. The number of benzene rings is 2. The fraction of sp³-hybridized carbons (Fsp3) is 0.576. The van der Waals surface area contributed by atoms with E-state index in [-0.39, 0.29) is 12.1 Å². The van der Waals surface area contributed by atoms with Crippen molar-refractivity contribution in [1.82, 2.24) is 0 Å². The van der Waals surface area contributed by atoms with Gasteiger partial charge in [-0.15, -0.1) is 0 Å². The van der Waals surface area contributed by atoms with Gasteiger partial charge in [0.25, 0.3) is 0 Å². The Labute approximate surface area is 224 Å². The molecule has 37 heavy (non-hydrogen) atoms. The summed E-state index contributed by atoms with van der Waals surface area (Å²) in [6.45, 7) is 6.57. The van der Waals surface area contributed by atoms with E-state index in [0.717, 1.165) is 44.5 Å². The molecule has 0 N–H and O–H groups in total. The molecule has 4 heteroatoms. The van der Waals surface area contributed by atoms with Crippen LogP contribution < -0.4 is 4.74 Å². The second-order valence-electron chi connectivity index (χ2n) is 10.8. The van der Waals surface area contributed by atoms with E-state index in [1.807, 2.05) is 6.92 Å². The quantitative estimate of drug-likeness (QED) is 0.191. The van der Waals surface area contributed by atoms with Crippen LogP contribution in [-0.4, -0.2) is 18.7 Å². The SMILES string of the molecule is CCCCCCCCCOc1ccc(-c2ccc(C3CCC(OC(=O)C(C)(C#N)CC)CC3)cc2)cc1. The zero-order valence-electron chi connectivity index (χ0n) is 23.1. The summed E-state index contributed by atoms with van der Waals surface area (Å²) in [4.78, 5) is 12.4. The van der Waals surface area contributed by atoms with Gasteiger partial charge >= 0.3 is 5.97 Å². The Hall–Kier alpha value is -2.80. The van der Waals surface area contributed by atoms with Crippen LogP contribution in [0.4, 0.5) is 0 Å². The number of unbranched alkanes of at least 4 members (excludes halogenated alkanes) is 6. The highest BCUT2D eigenvalue weighted by atomic mass is 16.5. The molecule has 0 aliphatic heterocycles. The first-order chi connectivity index (χ1) is 18.0. The fourth-order valence-electron chi connectivity index (χ4n) is 5.01. The lowest BCUT2D eigenvalue weighted by atomic mass is 9.82. The molecule has 0 radical (unpaired) electrons. The van der Waals surface area contributed by atoms with Crippen molar-refractivity contribution in [3.8, 4) is 22.9 Å². The molecule has 2 aromatic carbocycles. The summed E-state index contributed by atoms with van der Waals surface area (Å²) in [7, 11) is 0. The third kappa shape index (κ3) is 8.63. The molecule has 0 spiro atoms. The minimum Gasteiger partial charge on any atom is -0.494 e. The summed E-state index contributed by atoms with van der Waals surface area (Å²) in [6, 6.07) is 19.4. The Kier molecular flexibility index (Phi) is 11.5. The molecule has 0 saturated heterocycles. The van der Waals surface area contributed by atoms with Gasteiger partial charge in [-0.05, 0) is 80.2 Å². The average Bonchev–Trinajstić information content (AvgIpc) is 2.95. The third-order valence-corrected chi connectivity index (χ3v) is 7.94. The topological polar surface area (TPSA) is 59.3 Å². The van der Waals surface area contributed by atoms with E-state index in [0.29, 0.717) is 12.3 Å². The molecule has 1 atom stereocenters. The highest BCUT2D eigenvalue weighted by molar-refractivity contribution is 5.79. The van der Waals surface area contributed by atoms with E-state index in [1.54, 1.807) is 6.92 Å². The molecule has 0 heterocycles. The lowest BCUT2D eigenvalue weighted by Gasteiger charge is -2.30. The van der Waals surface area contributed by atoms with Crippen molar-refractivity contribution in [3.05, 3.63) is 54.1 Å². The lowest BCUT2D eigenvalue weighted by Crippen LogP contribution is -2.33. The first kappa shape index (κ1) is 28.8. The molecular formula is C33H45NO3. The molecule has 1 fully saturated rings. The van der Waals surface area contributed by atoms with E-state index >= 15 is 0 Å². The largest absolute Gasteiger partial charge is 0.494 e. The lowest BCUT2D eigenvalue weighted by molar-refractivity contribution is -0.159. The summed E-state index contributed by atoms with van der Waals surface area (Å²) in [5.41, 5.74) is 2.71. The number of nitriles is 1. The standard InChI is InChI=1S/C33H45NO3/c1-4-6-7-8-9-10-11-24-36-30-20-16-28(17-21-30)26-12-14-27(15-13-26)29-18-22-31(23-19-29)37-32(35)33(3,5-2)25-34/h12-17,20-21,29,31H,4-11,18-19,22-24H2,1-3H3. The minimum absolute atomic E-state index is 0.0752. The number of hydrogen-bond acceptors (Lipinski definition) is 4. The van der Waals surface area contributed by atoms with Crippen molar-refractivity contribution in [3.63, 3.8) is 0 Å².